The Bertz CT molecular complexity index is 853. The van der Waals surface area contributed by atoms with E-state index in [1.54, 1.807) is 42.5 Å². The van der Waals surface area contributed by atoms with Gasteiger partial charge in [0, 0.05) is 12.6 Å². The molecule has 0 unspecified atom stereocenters. The molecule has 0 bridgehead atoms. The molecule has 5 nitrogen and oxygen atoms in total. The number of nitrogens with one attached hydrogen (secondary N) is 1. The molecule has 0 fully saturated rings. The van der Waals surface area contributed by atoms with Crippen LogP contribution in [0, 0.1) is 0 Å². The zero-order valence-corrected chi connectivity index (χ0v) is 15.4. The molecule has 2 amide bonds. The zero-order chi connectivity index (χ0) is 19.6. The summed E-state index contributed by atoms with van der Waals surface area (Å²) in [6.45, 7) is 7.01. The van der Waals surface area contributed by atoms with Crippen molar-refractivity contribution < 1.29 is 14.3 Å². The normalized spacial score (nSPS) is 11.1. The summed E-state index contributed by atoms with van der Waals surface area (Å²) >= 11 is 0. The van der Waals surface area contributed by atoms with E-state index in [0.29, 0.717) is 22.8 Å². The van der Waals surface area contributed by atoms with Crippen molar-refractivity contribution in [3.63, 3.8) is 0 Å². The van der Waals surface area contributed by atoms with E-state index in [0.717, 1.165) is 0 Å². The first-order valence-corrected chi connectivity index (χ1v) is 8.45. The first-order valence-electron chi connectivity index (χ1n) is 8.45. The van der Waals surface area contributed by atoms with E-state index in [1.165, 1.54) is 11.8 Å². The lowest BCUT2D eigenvalue weighted by molar-refractivity contribution is -0.114. The number of carbonyl (C=O) groups is 2. The molecule has 2 aromatic carbocycles. The van der Waals surface area contributed by atoms with Gasteiger partial charge in [-0.15, -0.1) is 0 Å². The van der Waals surface area contributed by atoms with Crippen LogP contribution in [-0.2, 0) is 4.79 Å². The highest BCUT2D eigenvalue weighted by molar-refractivity contribution is 5.93. The summed E-state index contributed by atoms with van der Waals surface area (Å²) in [4.78, 5) is 25.4. The van der Waals surface area contributed by atoms with Gasteiger partial charge in [0.05, 0.1) is 11.4 Å². The molecule has 0 saturated carbocycles. The molecule has 0 aliphatic rings. The maximum absolute atomic E-state index is 12.9. The summed E-state index contributed by atoms with van der Waals surface area (Å²) in [7, 11) is 0. The molecule has 0 spiro atoms. The largest absolute Gasteiger partial charge is 0.424 e. The van der Waals surface area contributed by atoms with Gasteiger partial charge in [0.15, 0.2) is 0 Å². The van der Waals surface area contributed by atoms with Gasteiger partial charge in [-0.3, -0.25) is 4.79 Å². The molecule has 0 saturated heterocycles. The van der Waals surface area contributed by atoms with E-state index in [9.17, 15) is 9.59 Å². The number of amides is 2. The molecule has 0 aliphatic heterocycles. The fourth-order valence-electron chi connectivity index (χ4n) is 2.39. The first kappa shape index (κ1) is 19.7. The summed E-state index contributed by atoms with van der Waals surface area (Å²) in [5.41, 5.74) is 1.92. The van der Waals surface area contributed by atoms with Crippen LogP contribution in [0.3, 0.4) is 0 Å². The maximum Gasteiger partial charge on any atom is 0.424 e. The van der Waals surface area contributed by atoms with Gasteiger partial charge in [0.25, 0.3) is 0 Å². The van der Waals surface area contributed by atoms with Gasteiger partial charge in [-0.1, -0.05) is 36.9 Å². The quantitative estimate of drug-likeness (QED) is 0.710. The zero-order valence-electron chi connectivity index (χ0n) is 15.4. The van der Waals surface area contributed by atoms with Crippen molar-refractivity contribution in [2.45, 2.75) is 13.8 Å². The topological polar surface area (TPSA) is 58.6 Å². The van der Waals surface area contributed by atoms with E-state index < -0.39 is 6.09 Å². The number of nitrogens with zero attached hydrogens (tertiary/aromatic N) is 1. The number of para-hydroxylation sites is 1. The number of carbonyl (C=O) groups excluding carboxylic acids is 2. The minimum atomic E-state index is -0.556. The van der Waals surface area contributed by atoms with Gasteiger partial charge in [0.1, 0.15) is 5.75 Å². The summed E-state index contributed by atoms with van der Waals surface area (Å²) in [6, 6.07) is 15.8. The highest BCUT2D eigenvalue weighted by atomic mass is 16.6. The van der Waals surface area contributed by atoms with Crippen molar-refractivity contribution >= 4 is 23.4 Å². The first-order chi connectivity index (χ1) is 13.0. The Kier molecular flexibility index (Phi) is 7.14. The van der Waals surface area contributed by atoms with Crippen LogP contribution >= 0.6 is 0 Å². The van der Waals surface area contributed by atoms with E-state index in [4.69, 9.17) is 4.74 Å². The fraction of sp³-hybridized carbons (Fsp3) is 0.0909. The fourth-order valence-corrected chi connectivity index (χ4v) is 2.39. The third kappa shape index (κ3) is 5.71. The van der Waals surface area contributed by atoms with Gasteiger partial charge in [-0.25, -0.2) is 9.69 Å². The average Bonchev–Trinajstić information content (AvgIpc) is 2.64. The average molecular weight is 362 g/mol. The van der Waals surface area contributed by atoms with Crippen LogP contribution in [0.4, 0.5) is 16.2 Å². The van der Waals surface area contributed by atoms with E-state index in [-0.39, 0.29) is 5.91 Å². The Morgan fingerprint density at radius 3 is 2.30 bits per heavy atom. The second-order valence-corrected chi connectivity index (χ2v) is 5.57. The number of allylic oxidation sites excluding steroid dienone is 4. The lowest BCUT2D eigenvalue weighted by atomic mass is 10.2. The minimum absolute atomic E-state index is 0.166. The smallest absolute Gasteiger partial charge is 0.410 e. The second-order valence-electron chi connectivity index (χ2n) is 5.57. The Labute approximate surface area is 159 Å². The van der Waals surface area contributed by atoms with Crippen molar-refractivity contribution in [1.29, 1.82) is 0 Å². The molecule has 0 radical (unpaired) electrons. The maximum atomic E-state index is 12.9. The number of ether oxygens (including phenoxy) is 1. The molecular formula is C22H22N2O3. The van der Waals surface area contributed by atoms with Crippen molar-refractivity contribution in [1.82, 2.24) is 0 Å². The van der Waals surface area contributed by atoms with Gasteiger partial charge in [-0.2, -0.15) is 0 Å². The Balaban J connectivity index is 2.30. The van der Waals surface area contributed by atoms with Crippen LogP contribution in [0.25, 0.3) is 0 Å². The standard InChI is InChI=1S/C22H22N2O3/c1-4-9-19(10-5-2)24(20-11-7-6-8-12-20)22(26)27-21-15-13-18(14-16-21)23-17(3)25/h4-16H,1H2,2-3H3,(H,23,25)/b10-5-,19-9+. The molecule has 1 N–H and O–H groups in total. The summed E-state index contributed by atoms with van der Waals surface area (Å²) < 4.78 is 5.53. The van der Waals surface area contributed by atoms with Gasteiger partial charge >= 0.3 is 6.09 Å². The monoisotopic (exact) mass is 362 g/mol. The van der Waals surface area contributed by atoms with Crippen LogP contribution in [0.1, 0.15) is 13.8 Å². The van der Waals surface area contributed by atoms with Crippen LogP contribution in [-0.4, -0.2) is 12.0 Å². The number of benzene rings is 2. The number of hydrogen-bond donors (Lipinski definition) is 1. The molecule has 2 rings (SSSR count). The van der Waals surface area contributed by atoms with Crippen molar-refractivity contribution in [2.24, 2.45) is 0 Å². The summed E-state index contributed by atoms with van der Waals surface area (Å²) in [6.07, 6.45) is 6.42. The van der Waals surface area contributed by atoms with Gasteiger partial charge < -0.3 is 10.1 Å². The molecule has 138 valence electrons. The second kappa shape index (κ2) is 9.77. The lowest BCUT2D eigenvalue weighted by Gasteiger charge is -2.23. The Morgan fingerprint density at radius 1 is 1.07 bits per heavy atom. The van der Waals surface area contributed by atoms with Crippen molar-refractivity contribution in [2.75, 3.05) is 10.2 Å². The minimum Gasteiger partial charge on any atom is -0.410 e. The molecule has 5 heteroatoms. The number of hydrogen-bond acceptors (Lipinski definition) is 3. The van der Waals surface area contributed by atoms with Crippen LogP contribution in [0.15, 0.2) is 91.2 Å². The SMILES string of the molecule is C=C/C=C(\C=C/C)N(C(=O)Oc1ccc(NC(C)=O)cc1)c1ccccc1. The number of anilines is 2. The lowest BCUT2D eigenvalue weighted by Crippen LogP contribution is -2.32. The molecule has 0 aliphatic carbocycles. The van der Waals surface area contributed by atoms with Crippen LogP contribution in [0.5, 0.6) is 5.75 Å². The van der Waals surface area contributed by atoms with Gasteiger partial charge in [0.2, 0.25) is 5.91 Å². The van der Waals surface area contributed by atoms with Crippen LogP contribution < -0.4 is 15.0 Å². The molecule has 27 heavy (non-hydrogen) atoms. The highest BCUT2D eigenvalue weighted by Gasteiger charge is 2.20. The molecule has 2 aromatic rings. The van der Waals surface area contributed by atoms with Crippen molar-refractivity contribution in [3.05, 3.63) is 91.2 Å². The van der Waals surface area contributed by atoms with E-state index in [1.807, 2.05) is 43.3 Å². The predicted molar refractivity (Wildman–Crippen MR) is 109 cm³/mol. The highest BCUT2D eigenvalue weighted by Crippen LogP contribution is 2.23. The summed E-state index contributed by atoms with van der Waals surface area (Å²) in [5, 5.41) is 2.67. The molecular weight excluding hydrogens is 340 g/mol. The Morgan fingerprint density at radius 2 is 1.74 bits per heavy atom. The van der Waals surface area contributed by atoms with E-state index in [2.05, 4.69) is 11.9 Å². The Hall–Kier alpha value is -3.60. The van der Waals surface area contributed by atoms with Gasteiger partial charge in [-0.05, 0) is 55.5 Å². The van der Waals surface area contributed by atoms with E-state index >= 15 is 0 Å². The summed E-state index contributed by atoms with van der Waals surface area (Å²) in [5.74, 6) is 0.203. The number of rotatable bonds is 6. The predicted octanol–water partition coefficient (Wildman–Crippen LogP) is 5.30. The molecule has 0 atom stereocenters. The van der Waals surface area contributed by atoms with Crippen LogP contribution in [0.2, 0.25) is 0 Å². The third-order valence-electron chi connectivity index (χ3n) is 3.46. The van der Waals surface area contributed by atoms with Crippen molar-refractivity contribution in [3.8, 4) is 5.75 Å². The molecule has 0 heterocycles. The third-order valence-corrected chi connectivity index (χ3v) is 3.46. The molecule has 0 aromatic heterocycles.